The van der Waals surface area contributed by atoms with Gasteiger partial charge in [0.05, 0.1) is 25.4 Å². The highest BCUT2D eigenvalue weighted by atomic mass is 28.4. The van der Waals surface area contributed by atoms with Crippen LogP contribution in [-0.2, 0) is 36.3 Å². The average molecular weight is 453 g/mol. The maximum Gasteiger partial charge on any atom is 0.503 e. The Bertz CT molecular complexity index is 438. The summed E-state index contributed by atoms with van der Waals surface area (Å²) in [5.41, 5.74) is 0.345. The van der Waals surface area contributed by atoms with Gasteiger partial charge in [-0.25, -0.2) is 0 Å². The van der Waals surface area contributed by atoms with Crippen molar-refractivity contribution >= 4 is 18.1 Å². The van der Waals surface area contributed by atoms with Crippen LogP contribution in [0.4, 0.5) is 0 Å². The van der Waals surface area contributed by atoms with E-state index in [0.29, 0.717) is 29.8 Å². The van der Waals surface area contributed by atoms with Crippen LogP contribution in [0.15, 0.2) is 0 Å². The van der Waals surface area contributed by atoms with Gasteiger partial charge in [0, 0.05) is 47.7 Å². The smallest absolute Gasteiger partial charge is 0.400 e. The van der Waals surface area contributed by atoms with Crippen LogP contribution in [0.25, 0.3) is 0 Å². The van der Waals surface area contributed by atoms with Crippen molar-refractivity contribution < 1.29 is 36.3 Å². The second-order valence-electron chi connectivity index (χ2n) is 7.86. The predicted molar refractivity (Wildman–Crippen MR) is 113 cm³/mol. The number of hydrogen-bond acceptors (Lipinski definition) is 8. The molecule has 2 heterocycles. The van der Waals surface area contributed by atoms with E-state index in [2.05, 4.69) is 6.92 Å². The Labute approximate surface area is 178 Å². The van der Waals surface area contributed by atoms with Gasteiger partial charge in [0.1, 0.15) is 6.10 Å². The summed E-state index contributed by atoms with van der Waals surface area (Å²) in [5.74, 6) is 0.607. The van der Waals surface area contributed by atoms with Crippen LogP contribution >= 0.6 is 0 Å². The summed E-state index contributed by atoms with van der Waals surface area (Å²) in [6.45, 7) is 4.59. The lowest BCUT2D eigenvalue weighted by molar-refractivity contribution is 0.100. The molecule has 5 unspecified atom stereocenters. The molecule has 29 heavy (non-hydrogen) atoms. The zero-order valence-electron chi connectivity index (χ0n) is 18.9. The second kappa shape index (κ2) is 12.8. The van der Waals surface area contributed by atoms with Gasteiger partial charge in [-0.05, 0) is 37.6 Å². The molecule has 0 bridgehead atoms. The van der Waals surface area contributed by atoms with E-state index in [0.717, 1.165) is 38.7 Å². The van der Waals surface area contributed by atoms with Crippen molar-refractivity contribution in [3.05, 3.63) is 0 Å². The van der Waals surface area contributed by atoms with E-state index in [4.69, 9.17) is 36.3 Å². The van der Waals surface area contributed by atoms with Crippen LogP contribution < -0.4 is 0 Å². The van der Waals surface area contributed by atoms with E-state index < -0.39 is 18.1 Å². The van der Waals surface area contributed by atoms with Gasteiger partial charge in [-0.3, -0.25) is 0 Å². The molecule has 0 radical (unpaired) electrons. The van der Waals surface area contributed by atoms with Gasteiger partial charge in [-0.1, -0.05) is 6.92 Å². The highest BCUT2D eigenvalue weighted by Crippen LogP contribution is 2.46. The molecule has 8 nitrogen and oxygen atoms in total. The van der Waals surface area contributed by atoms with Gasteiger partial charge in [0.15, 0.2) is 0 Å². The van der Waals surface area contributed by atoms with E-state index in [1.165, 1.54) is 12.8 Å². The van der Waals surface area contributed by atoms with E-state index in [1.54, 1.807) is 35.5 Å². The minimum atomic E-state index is -2.47. The third-order valence-corrected chi connectivity index (χ3v) is 11.3. The molecule has 0 N–H and O–H groups in total. The van der Waals surface area contributed by atoms with Gasteiger partial charge < -0.3 is 36.3 Å². The van der Waals surface area contributed by atoms with E-state index >= 15 is 0 Å². The summed E-state index contributed by atoms with van der Waals surface area (Å²) in [6, 6.07) is 1.01. The van der Waals surface area contributed by atoms with Gasteiger partial charge in [0.2, 0.25) is 0 Å². The largest absolute Gasteiger partial charge is 0.503 e. The fourth-order valence-corrected chi connectivity index (χ4v) is 7.71. The summed E-state index contributed by atoms with van der Waals surface area (Å²) in [7, 11) is 4.65. The van der Waals surface area contributed by atoms with Crippen LogP contribution in [0, 0.1) is 5.92 Å². The highest BCUT2D eigenvalue weighted by molar-refractivity contribution is 6.62. The molecule has 3 aliphatic rings. The van der Waals surface area contributed by atoms with Crippen molar-refractivity contribution in [2.75, 3.05) is 55.4 Å². The number of hydrogen-bond donors (Lipinski definition) is 0. The Morgan fingerprint density at radius 3 is 2.17 bits per heavy atom. The standard InChI is InChI=1S/C11H22O4Si.C8H18O4Si/c1-8(16(12-2,13-3)14-4)9-5-6-10-11(7-9)15-10;1-9-13(10-2)5-3-4-11-6-8-7-12-8/h8-11H,5-7H2,1-4H3;8,13H,3-7H2,1-2H3. The summed E-state index contributed by atoms with van der Waals surface area (Å²) in [6.07, 6.45) is 5.96. The van der Waals surface area contributed by atoms with Crippen LogP contribution in [-0.4, -0.2) is 91.8 Å². The average Bonchev–Trinajstić information content (AvgIpc) is 3.67. The lowest BCUT2D eigenvalue weighted by Gasteiger charge is -2.35. The summed E-state index contributed by atoms with van der Waals surface area (Å²) >= 11 is 0. The van der Waals surface area contributed by atoms with Gasteiger partial charge in [-0.15, -0.1) is 0 Å². The van der Waals surface area contributed by atoms with Crippen molar-refractivity contribution in [2.45, 2.75) is 62.5 Å². The normalized spacial score (nSPS) is 29.1. The minimum absolute atomic E-state index is 0.345. The van der Waals surface area contributed by atoms with Gasteiger partial charge in [0.25, 0.3) is 0 Å². The van der Waals surface area contributed by atoms with Crippen molar-refractivity contribution in [1.82, 2.24) is 0 Å². The Morgan fingerprint density at radius 2 is 1.66 bits per heavy atom. The molecule has 1 saturated carbocycles. The lowest BCUT2D eigenvalue weighted by atomic mass is 9.87. The molecule has 0 aromatic rings. The van der Waals surface area contributed by atoms with E-state index in [-0.39, 0.29) is 0 Å². The third kappa shape index (κ3) is 7.95. The zero-order chi connectivity index (χ0) is 21.3. The molecule has 2 aliphatic heterocycles. The van der Waals surface area contributed by atoms with E-state index in [1.807, 2.05) is 0 Å². The summed E-state index contributed by atoms with van der Waals surface area (Å²) < 4.78 is 43.0. The number of rotatable bonds is 13. The molecule has 172 valence electrons. The molecule has 0 aromatic carbocycles. The first-order valence-corrected chi connectivity index (χ1v) is 14.1. The molecule has 3 fully saturated rings. The SMILES string of the molecule is CO[SiH](CCCOCC1CO1)OC.CO[Si](OC)(OC)C(C)C1CCC2OC2C1. The van der Waals surface area contributed by atoms with Crippen LogP contribution in [0.5, 0.6) is 0 Å². The predicted octanol–water partition coefficient (Wildman–Crippen LogP) is 2.13. The maximum absolute atomic E-state index is 5.56. The van der Waals surface area contributed by atoms with Crippen LogP contribution in [0.3, 0.4) is 0 Å². The lowest BCUT2D eigenvalue weighted by Crippen LogP contribution is -2.49. The molecule has 1 aliphatic carbocycles. The zero-order valence-corrected chi connectivity index (χ0v) is 21.0. The molecule has 0 aromatic heterocycles. The summed E-state index contributed by atoms with van der Waals surface area (Å²) in [4.78, 5) is 0. The van der Waals surface area contributed by atoms with Crippen molar-refractivity contribution in [1.29, 1.82) is 0 Å². The first-order valence-electron chi connectivity index (χ1n) is 10.6. The van der Waals surface area contributed by atoms with Crippen molar-refractivity contribution in [2.24, 2.45) is 5.92 Å². The summed E-state index contributed by atoms with van der Waals surface area (Å²) in [5, 5.41) is 0. The fraction of sp³-hybridized carbons (Fsp3) is 1.00. The maximum atomic E-state index is 5.56. The fourth-order valence-electron chi connectivity index (χ4n) is 4.05. The first-order chi connectivity index (χ1) is 14.0. The molecule has 3 rings (SSSR count). The monoisotopic (exact) mass is 452 g/mol. The Hall–Kier alpha value is 0.114. The topological polar surface area (TPSA) is 80.4 Å². The van der Waals surface area contributed by atoms with Crippen molar-refractivity contribution in [3.8, 4) is 0 Å². The number of epoxide rings is 2. The quantitative estimate of drug-likeness (QED) is 0.239. The molecular formula is C19H40O8Si2. The van der Waals surface area contributed by atoms with E-state index in [9.17, 15) is 0 Å². The Morgan fingerprint density at radius 1 is 1.00 bits per heavy atom. The minimum Gasteiger partial charge on any atom is -0.400 e. The Balaban J connectivity index is 0.000000212. The van der Waals surface area contributed by atoms with Gasteiger partial charge >= 0.3 is 18.1 Å². The van der Waals surface area contributed by atoms with Crippen molar-refractivity contribution in [3.63, 3.8) is 0 Å². The van der Waals surface area contributed by atoms with Crippen LogP contribution in [0.1, 0.15) is 32.6 Å². The molecule has 2 saturated heterocycles. The first kappa shape index (κ1) is 25.4. The number of fused-ring (bicyclic) bond motifs is 1. The number of ether oxygens (including phenoxy) is 3. The molecular weight excluding hydrogens is 412 g/mol. The van der Waals surface area contributed by atoms with Crippen LogP contribution in [0.2, 0.25) is 11.6 Å². The molecule has 10 heteroatoms. The Kier molecular flexibility index (Phi) is 11.2. The van der Waals surface area contributed by atoms with Gasteiger partial charge in [-0.2, -0.15) is 0 Å². The molecule has 0 amide bonds. The second-order valence-corrected chi connectivity index (χ2v) is 13.6. The molecule has 0 spiro atoms. The highest BCUT2D eigenvalue weighted by Gasteiger charge is 2.53. The third-order valence-electron chi connectivity index (χ3n) is 6.12. The molecule has 5 atom stereocenters.